The number of hydrogen-bond acceptors (Lipinski definition) is 3. The van der Waals surface area contributed by atoms with Crippen LogP contribution in [0, 0.1) is 0 Å². The first-order valence-electron chi connectivity index (χ1n) is 8.41. The van der Waals surface area contributed by atoms with Crippen molar-refractivity contribution in [1.82, 2.24) is 9.80 Å². The van der Waals surface area contributed by atoms with Crippen LogP contribution in [-0.4, -0.2) is 53.8 Å². The van der Waals surface area contributed by atoms with E-state index in [2.05, 4.69) is 0 Å². The number of hydrogen-bond donors (Lipinski definition) is 1. The number of carbonyl (C=O) groups excluding carboxylic acids is 2. The van der Waals surface area contributed by atoms with Crippen LogP contribution in [0.1, 0.15) is 31.7 Å². The molecular formula is C18H28ClN3O2. The molecule has 2 amide bonds. The third kappa shape index (κ3) is 6.49. The van der Waals surface area contributed by atoms with Crippen LogP contribution in [0.5, 0.6) is 0 Å². The fourth-order valence-electron chi connectivity index (χ4n) is 2.87. The molecule has 1 saturated heterocycles. The lowest BCUT2D eigenvalue weighted by atomic mass is 10.1. The second kappa shape index (κ2) is 10.3. The van der Waals surface area contributed by atoms with E-state index in [-0.39, 0.29) is 30.3 Å². The van der Waals surface area contributed by atoms with Crippen LogP contribution in [0.2, 0.25) is 0 Å². The van der Waals surface area contributed by atoms with Crippen molar-refractivity contribution in [2.45, 2.75) is 38.6 Å². The maximum atomic E-state index is 12.4. The molecule has 134 valence electrons. The van der Waals surface area contributed by atoms with Gasteiger partial charge in [0.2, 0.25) is 11.8 Å². The summed E-state index contributed by atoms with van der Waals surface area (Å²) in [5.74, 6) is 0.272. The Bertz CT molecular complexity index is 522. The fraction of sp³-hybridized carbons (Fsp3) is 0.556. The minimum absolute atomic E-state index is 0. The van der Waals surface area contributed by atoms with Gasteiger partial charge in [-0.1, -0.05) is 30.3 Å². The van der Waals surface area contributed by atoms with E-state index >= 15 is 0 Å². The van der Waals surface area contributed by atoms with Crippen molar-refractivity contribution in [1.29, 1.82) is 0 Å². The van der Waals surface area contributed by atoms with Crippen molar-refractivity contribution in [3.05, 3.63) is 35.9 Å². The second-order valence-corrected chi connectivity index (χ2v) is 6.28. The highest BCUT2D eigenvalue weighted by molar-refractivity contribution is 5.85. The summed E-state index contributed by atoms with van der Waals surface area (Å²) in [6, 6.07) is 9.94. The molecule has 24 heavy (non-hydrogen) atoms. The van der Waals surface area contributed by atoms with Crippen LogP contribution in [0.3, 0.4) is 0 Å². The third-order valence-corrected chi connectivity index (χ3v) is 4.17. The number of carbonyl (C=O) groups is 2. The molecule has 0 aromatic heterocycles. The highest BCUT2D eigenvalue weighted by atomic mass is 35.5. The molecule has 2 rings (SSSR count). The first-order valence-corrected chi connectivity index (χ1v) is 8.41. The first kappa shape index (κ1) is 20.5. The third-order valence-electron chi connectivity index (χ3n) is 4.17. The zero-order valence-electron chi connectivity index (χ0n) is 14.3. The van der Waals surface area contributed by atoms with Gasteiger partial charge in [-0.15, -0.1) is 12.4 Å². The van der Waals surface area contributed by atoms with E-state index in [1.807, 2.05) is 47.1 Å². The van der Waals surface area contributed by atoms with Crippen molar-refractivity contribution in [3.8, 4) is 0 Å². The quantitative estimate of drug-likeness (QED) is 0.878. The molecule has 0 saturated carbocycles. The van der Waals surface area contributed by atoms with E-state index in [1.165, 1.54) is 5.56 Å². The summed E-state index contributed by atoms with van der Waals surface area (Å²) in [6.45, 7) is 4.53. The minimum Gasteiger partial charge on any atom is -0.341 e. The van der Waals surface area contributed by atoms with Gasteiger partial charge in [0.15, 0.2) is 0 Å². The van der Waals surface area contributed by atoms with Crippen molar-refractivity contribution >= 4 is 24.2 Å². The van der Waals surface area contributed by atoms with Crippen LogP contribution >= 0.6 is 12.4 Å². The van der Waals surface area contributed by atoms with E-state index in [9.17, 15) is 9.59 Å². The van der Waals surface area contributed by atoms with E-state index in [0.717, 1.165) is 19.4 Å². The number of nitrogens with zero attached hydrogens (tertiary/aromatic N) is 2. The zero-order chi connectivity index (χ0) is 16.7. The number of aryl methyl sites for hydroxylation is 1. The van der Waals surface area contributed by atoms with Gasteiger partial charge in [0.1, 0.15) is 0 Å². The van der Waals surface area contributed by atoms with Crippen LogP contribution in [0.4, 0.5) is 0 Å². The maximum Gasteiger partial charge on any atom is 0.224 e. The van der Waals surface area contributed by atoms with E-state index < -0.39 is 0 Å². The lowest BCUT2D eigenvalue weighted by Crippen LogP contribution is -2.39. The maximum absolute atomic E-state index is 12.4. The smallest absolute Gasteiger partial charge is 0.224 e. The molecule has 1 aliphatic rings. The Morgan fingerprint density at radius 3 is 2.21 bits per heavy atom. The molecule has 1 aliphatic heterocycles. The van der Waals surface area contributed by atoms with Crippen molar-refractivity contribution in [2.75, 3.05) is 26.2 Å². The number of benzene rings is 1. The van der Waals surface area contributed by atoms with Crippen molar-refractivity contribution in [2.24, 2.45) is 5.73 Å². The van der Waals surface area contributed by atoms with Crippen LogP contribution in [0.15, 0.2) is 30.3 Å². The largest absolute Gasteiger partial charge is 0.341 e. The predicted octanol–water partition coefficient (Wildman–Crippen LogP) is 1.84. The number of amides is 2. The molecule has 0 spiro atoms. The summed E-state index contributed by atoms with van der Waals surface area (Å²) in [4.78, 5) is 28.2. The summed E-state index contributed by atoms with van der Waals surface area (Å²) in [5, 5.41) is 0. The molecule has 5 nitrogen and oxygen atoms in total. The molecule has 1 unspecified atom stereocenters. The summed E-state index contributed by atoms with van der Waals surface area (Å²) in [5.41, 5.74) is 6.88. The Kier molecular flexibility index (Phi) is 8.79. The summed E-state index contributed by atoms with van der Waals surface area (Å²) in [7, 11) is 0. The molecule has 2 N–H and O–H groups in total. The lowest BCUT2D eigenvalue weighted by molar-refractivity contribution is -0.133. The molecule has 6 heteroatoms. The Hall–Kier alpha value is -1.59. The van der Waals surface area contributed by atoms with E-state index in [0.29, 0.717) is 32.5 Å². The highest BCUT2D eigenvalue weighted by Crippen LogP contribution is 2.09. The number of rotatable bonds is 5. The van der Waals surface area contributed by atoms with Gasteiger partial charge in [-0.25, -0.2) is 0 Å². The number of halogens is 1. The standard InChI is InChI=1S/C18H27N3O2.ClH/c1-15(19)14-18(23)21-11-5-10-20(12-13-21)17(22)9-8-16-6-3-2-4-7-16;/h2-4,6-7,15H,5,8-14,19H2,1H3;1H. The van der Waals surface area contributed by atoms with Gasteiger partial charge in [0, 0.05) is 45.1 Å². The van der Waals surface area contributed by atoms with Gasteiger partial charge >= 0.3 is 0 Å². The Labute approximate surface area is 150 Å². The van der Waals surface area contributed by atoms with Gasteiger partial charge in [-0.05, 0) is 25.3 Å². The summed E-state index contributed by atoms with van der Waals surface area (Å²) >= 11 is 0. The molecule has 1 heterocycles. The molecule has 0 aliphatic carbocycles. The molecule has 1 atom stereocenters. The molecule has 1 aromatic carbocycles. The van der Waals surface area contributed by atoms with Gasteiger partial charge in [0.25, 0.3) is 0 Å². The molecular weight excluding hydrogens is 326 g/mol. The molecule has 0 radical (unpaired) electrons. The monoisotopic (exact) mass is 353 g/mol. The Morgan fingerprint density at radius 2 is 1.62 bits per heavy atom. The highest BCUT2D eigenvalue weighted by Gasteiger charge is 2.22. The van der Waals surface area contributed by atoms with Crippen LogP contribution in [-0.2, 0) is 16.0 Å². The summed E-state index contributed by atoms with van der Waals surface area (Å²) in [6.07, 6.45) is 2.50. The predicted molar refractivity (Wildman–Crippen MR) is 98.1 cm³/mol. The molecule has 1 aromatic rings. The second-order valence-electron chi connectivity index (χ2n) is 6.28. The van der Waals surface area contributed by atoms with Crippen molar-refractivity contribution < 1.29 is 9.59 Å². The zero-order valence-corrected chi connectivity index (χ0v) is 15.1. The summed E-state index contributed by atoms with van der Waals surface area (Å²) < 4.78 is 0. The first-order chi connectivity index (χ1) is 11.1. The normalized spacial score (nSPS) is 16.1. The lowest BCUT2D eigenvalue weighted by Gasteiger charge is -2.23. The van der Waals surface area contributed by atoms with Crippen molar-refractivity contribution in [3.63, 3.8) is 0 Å². The minimum atomic E-state index is -0.116. The number of nitrogens with two attached hydrogens (primary N) is 1. The van der Waals surface area contributed by atoms with Crippen LogP contribution < -0.4 is 5.73 Å². The van der Waals surface area contributed by atoms with Crippen LogP contribution in [0.25, 0.3) is 0 Å². The Morgan fingerprint density at radius 1 is 1.04 bits per heavy atom. The average Bonchev–Trinajstić information content (AvgIpc) is 2.79. The average molecular weight is 354 g/mol. The topological polar surface area (TPSA) is 66.6 Å². The van der Waals surface area contributed by atoms with E-state index in [4.69, 9.17) is 5.73 Å². The molecule has 0 bridgehead atoms. The van der Waals surface area contributed by atoms with E-state index in [1.54, 1.807) is 0 Å². The SMILES string of the molecule is CC(N)CC(=O)N1CCCN(C(=O)CCc2ccccc2)CC1.Cl. The van der Waals surface area contributed by atoms with Gasteiger partial charge in [0.05, 0.1) is 0 Å². The Balaban J connectivity index is 0.00000288. The van der Waals surface area contributed by atoms with Gasteiger partial charge in [-0.3, -0.25) is 9.59 Å². The van der Waals surface area contributed by atoms with Gasteiger partial charge < -0.3 is 15.5 Å². The molecule has 1 fully saturated rings. The van der Waals surface area contributed by atoms with Gasteiger partial charge in [-0.2, -0.15) is 0 Å². The fourth-order valence-corrected chi connectivity index (χ4v) is 2.87.